The van der Waals surface area contributed by atoms with E-state index in [1.807, 2.05) is 37.3 Å². The Bertz CT molecular complexity index is 303. The van der Waals surface area contributed by atoms with Crippen LogP contribution in [0.5, 0.6) is 0 Å². The number of hydroxylamine groups is 1. The van der Waals surface area contributed by atoms with Crippen molar-refractivity contribution in [3.63, 3.8) is 0 Å². The Morgan fingerprint density at radius 2 is 2.13 bits per heavy atom. The van der Waals surface area contributed by atoms with Gasteiger partial charge in [-0.2, -0.15) is 0 Å². The number of nitrogens with two attached hydrogens (primary N) is 1. The number of carbonyl (C=O) groups excluding carboxylic acids is 1. The number of hydrogen-bond donors (Lipinski definition) is 2. The first-order chi connectivity index (χ1) is 7.24. The molecular formula is C10H15N3O2. The van der Waals surface area contributed by atoms with Gasteiger partial charge in [0, 0.05) is 0 Å². The first-order valence-electron chi connectivity index (χ1n) is 4.78. The van der Waals surface area contributed by atoms with Crippen LogP contribution < -0.4 is 11.2 Å². The average molecular weight is 209 g/mol. The van der Waals surface area contributed by atoms with Crippen molar-refractivity contribution in [1.82, 2.24) is 5.17 Å². The summed E-state index contributed by atoms with van der Waals surface area (Å²) in [4.78, 5) is 16.1. The number of primary amides is 1. The smallest absolute Gasteiger partial charge is 0.348 e. The minimum absolute atomic E-state index is 0.433. The Morgan fingerprint density at radius 3 is 2.67 bits per heavy atom. The number of urea groups is 1. The van der Waals surface area contributed by atoms with Crippen LogP contribution >= 0.6 is 0 Å². The van der Waals surface area contributed by atoms with Gasteiger partial charge in [0.2, 0.25) is 0 Å². The number of rotatable bonds is 5. The van der Waals surface area contributed by atoms with E-state index >= 15 is 0 Å². The molecule has 0 heterocycles. The van der Waals surface area contributed by atoms with Gasteiger partial charge in [-0.05, 0) is 18.6 Å². The maximum atomic E-state index is 11.0. The zero-order valence-electron chi connectivity index (χ0n) is 8.64. The molecule has 0 aliphatic rings. The Morgan fingerprint density at radius 1 is 1.47 bits per heavy atom. The number of hydrazine groups is 1. The molecule has 1 rings (SSSR count). The largest absolute Gasteiger partial charge is 0.358 e. The molecule has 0 saturated heterocycles. The van der Waals surface area contributed by atoms with Crippen molar-refractivity contribution in [2.24, 2.45) is 5.73 Å². The number of para-hydroxylation sites is 1. The number of benzene rings is 1. The molecule has 1 aromatic carbocycles. The summed E-state index contributed by atoms with van der Waals surface area (Å²) in [6.45, 7) is 2.38. The molecule has 3 N–H and O–H groups in total. The van der Waals surface area contributed by atoms with Gasteiger partial charge in [0.15, 0.2) is 0 Å². The van der Waals surface area contributed by atoms with Crippen LogP contribution in [0.25, 0.3) is 0 Å². The molecule has 2 amide bonds. The molecule has 0 aliphatic carbocycles. The second kappa shape index (κ2) is 5.87. The number of nitrogens with zero attached hydrogens (tertiary/aromatic N) is 1. The number of amides is 2. The van der Waals surface area contributed by atoms with Crippen LogP contribution in [0.2, 0.25) is 0 Å². The summed E-state index contributed by atoms with van der Waals surface area (Å²) < 4.78 is 0. The molecule has 0 aromatic heterocycles. The number of hydrogen-bond acceptors (Lipinski definition) is 3. The fourth-order valence-electron chi connectivity index (χ4n) is 0.964. The molecule has 0 radical (unpaired) electrons. The predicted octanol–water partition coefficient (Wildman–Crippen LogP) is 1.74. The monoisotopic (exact) mass is 209 g/mol. The molecule has 0 atom stereocenters. The van der Waals surface area contributed by atoms with E-state index < -0.39 is 6.03 Å². The van der Waals surface area contributed by atoms with E-state index in [1.165, 1.54) is 0 Å². The van der Waals surface area contributed by atoms with Gasteiger partial charge in [-0.3, -0.25) is 5.43 Å². The zero-order chi connectivity index (χ0) is 11.1. The van der Waals surface area contributed by atoms with E-state index in [4.69, 9.17) is 10.6 Å². The Kier molecular flexibility index (Phi) is 4.43. The van der Waals surface area contributed by atoms with Crippen LogP contribution in [-0.2, 0) is 4.84 Å². The fraction of sp³-hybridized carbons (Fsp3) is 0.300. The highest BCUT2D eigenvalue weighted by Crippen LogP contribution is 2.06. The second-order valence-electron chi connectivity index (χ2n) is 2.94. The molecule has 82 valence electrons. The van der Waals surface area contributed by atoms with Gasteiger partial charge in [0.05, 0.1) is 12.3 Å². The fourth-order valence-corrected chi connectivity index (χ4v) is 0.964. The first-order valence-corrected chi connectivity index (χ1v) is 4.78. The van der Waals surface area contributed by atoms with Crippen molar-refractivity contribution in [3.05, 3.63) is 30.3 Å². The first kappa shape index (κ1) is 11.3. The Labute approximate surface area is 88.7 Å². The van der Waals surface area contributed by atoms with Crippen LogP contribution in [0.15, 0.2) is 30.3 Å². The number of nitrogens with one attached hydrogen (secondary N) is 1. The summed E-state index contributed by atoms with van der Waals surface area (Å²) >= 11 is 0. The van der Waals surface area contributed by atoms with E-state index in [0.717, 1.165) is 17.3 Å². The van der Waals surface area contributed by atoms with Crippen LogP contribution in [0.1, 0.15) is 13.3 Å². The van der Waals surface area contributed by atoms with Gasteiger partial charge >= 0.3 is 6.03 Å². The minimum Gasteiger partial charge on any atom is -0.348 e. The lowest BCUT2D eigenvalue weighted by molar-refractivity contribution is -0.0958. The van der Waals surface area contributed by atoms with E-state index in [9.17, 15) is 4.79 Å². The maximum Gasteiger partial charge on any atom is 0.358 e. The molecule has 0 fully saturated rings. The average Bonchev–Trinajstić information content (AvgIpc) is 2.25. The standard InChI is InChI=1S/C10H15N3O2/c1-2-8-15-13(10(11)14)12-9-6-4-3-5-7-9/h3-7,12H,2,8H2,1H3,(H2,11,14). The van der Waals surface area contributed by atoms with Crippen LogP contribution in [0.3, 0.4) is 0 Å². The summed E-state index contributed by atoms with van der Waals surface area (Å²) in [5.74, 6) is 0. The minimum atomic E-state index is -0.674. The summed E-state index contributed by atoms with van der Waals surface area (Å²) in [6, 6.07) is 8.53. The highest BCUT2D eigenvalue weighted by Gasteiger charge is 2.09. The molecule has 0 bridgehead atoms. The summed E-state index contributed by atoms with van der Waals surface area (Å²) in [5, 5.41) is 0.929. The lowest BCUT2D eigenvalue weighted by Gasteiger charge is -2.20. The maximum absolute atomic E-state index is 11.0. The normalized spacial score (nSPS) is 9.67. The molecular weight excluding hydrogens is 194 g/mol. The topological polar surface area (TPSA) is 67.6 Å². The lowest BCUT2D eigenvalue weighted by atomic mass is 10.3. The highest BCUT2D eigenvalue weighted by molar-refractivity contribution is 5.72. The SMILES string of the molecule is CCCON(Nc1ccccc1)C(N)=O. The molecule has 0 spiro atoms. The quantitative estimate of drug-likeness (QED) is 0.726. The zero-order valence-corrected chi connectivity index (χ0v) is 8.64. The van der Waals surface area contributed by atoms with Crippen molar-refractivity contribution in [3.8, 4) is 0 Å². The molecule has 0 unspecified atom stereocenters. The van der Waals surface area contributed by atoms with E-state index in [2.05, 4.69) is 5.43 Å². The summed E-state index contributed by atoms with van der Waals surface area (Å²) in [5.41, 5.74) is 8.62. The summed E-state index contributed by atoms with van der Waals surface area (Å²) in [7, 11) is 0. The molecule has 15 heavy (non-hydrogen) atoms. The molecule has 1 aromatic rings. The lowest BCUT2D eigenvalue weighted by Crippen LogP contribution is -2.40. The van der Waals surface area contributed by atoms with Gasteiger partial charge in [-0.1, -0.05) is 25.1 Å². The predicted molar refractivity (Wildman–Crippen MR) is 57.7 cm³/mol. The van der Waals surface area contributed by atoms with Crippen molar-refractivity contribution >= 4 is 11.7 Å². The molecule has 5 nitrogen and oxygen atoms in total. The Balaban J connectivity index is 2.55. The van der Waals surface area contributed by atoms with Crippen molar-refractivity contribution in [2.45, 2.75) is 13.3 Å². The van der Waals surface area contributed by atoms with Gasteiger partial charge in [-0.15, -0.1) is 5.17 Å². The highest BCUT2D eigenvalue weighted by atomic mass is 16.7. The van der Waals surface area contributed by atoms with Crippen molar-refractivity contribution < 1.29 is 9.63 Å². The van der Waals surface area contributed by atoms with E-state index in [-0.39, 0.29) is 0 Å². The van der Waals surface area contributed by atoms with Gasteiger partial charge in [0.25, 0.3) is 0 Å². The van der Waals surface area contributed by atoms with Crippen LogP contribution in [0.4, 0.5) is 10.5 Å². The van der Waals surface area contributed by atoms with E-state index in [0.29, 0.717) is 6.61 Å². The van der Waals surface area contributed by atoms with E-state index in [1.54, 1.807) is 0 Å². The molecule has 0 aliphatic heterocycles. The van der Waals surface area contributed by atoms with Crippen molar-refractivity contribution in [2.75, 3.05) is 12.0 Å². The second-order valence-corrected chi connectivity index (χ2v) is 2.94. The molecule has 0 saturated carbocycles. The Hall–Kier alpha value is -1.75. The third kappa shape index (κ3) is 3.86. The number of anilines is 1. The van der Waals surface area contributed by atoms with Gasteiger partial charge in [-0.25, -0.2) is 9.63 Å². The molecule has 5 heteroatoms. The third-order valence-corrected chi connectivity index (χ3v) is 1.63. The van der Waals surface area contributed by atoms with Crippen LogP contribution in [-0.4, -0.2) is 17.8 Å². The van der Waals surface area contributed by atoms with Gasteiger partial charge in [0.1, 0.15) is 0 Å². The third-order valence-electron chi connectivity index (χ3n) is 1.63. The summed E-state index contributed by atoms with van der Waals surface area (Å²) in [6.07, 6.45) is 0.806. The van der Waals surface area contributed by atoms with Crippen molar-refractivity contribution in [1.29, 1.82) is 0 Å². The van der Waals surface area contributed by atoms with Crippen LogP contribution in [0, 0.1) is 0 Å². The number of carbonyl (C=O) groups is 1. The van der Waals surface area contributed by atoms with Gasteiger partial charge < -0.3 is 5.73 Å².